The normalized spacial score (nSPS) is 10.5. The zero-order valence-corrected chi connectivity index (χ0v) is 11.2. The number of hydrogen-bond acceptors (Lipinski definition) is 6. The van der Waals surface area contributed by atoms with Crippen LogP contribution >= 0.6 is 11.6 Å². The lowest BCUT2D eigenvalue weighted by molar-refractivity contribution is -0.389. The number of nitro groups is 1. The molecule has 0 fully saturated rings. The molecule has 3 rings (SSSR count). The lowest BCUT2D eigenvalue weighted by Gasteiger charge is -2.07. The number of rotatable bonds is 3. The highest BCUT2D eigenvalue weighted by molar-refractivity contribution is 6.30. The number of fused-ring (bicyclic) bond motifs is 1. The molecule has 21 heavy (non-hydrogen) atoms. The number of nitrogens with zero attached hydrogens (tertiary/aromatic N) is 4. The predicted molar refractivity (Wildman–Crippen MR) is 75.5 cm³/mol. The van der Waals surface area contributed by atoms with E-state index in [9.17, 15) is 10.1 Å². The van der Waals surface area contributed by atoms with E-state index in [1.165, 1.54) is 18.3 Å². The highest BCUT2D eigenvalue weighted by Crippen LogP contribution is 2.29. The summed E-state index contributed by atoms with van der Waals surface area (Å²) in [7, 11) is 0. The molecular formula is C13H7ClN4O3. The summed E-state index contributed by atoms with van der Waals surface area (Å²) < 4.78 is 5.67. The topological polar surface area (TPSA) is 91.0 Å². The fourth-order valence-corrected chi connectivity index (χ4v) is 1.91. The van der Waals surface area contributed by atoms with Gasteiger partial charge in [0.15, 0.2) is 11.9 Å². The van der Waals surface area contributed by atoms with Crippen LogP contribution in [0, 0.1) is 10.1 Å². The Morgan fingerprint density at radius 3 is 2.71 bits per heavy atom. The average Bonchev–Trinajstić information content (AvgIpc) is 2.48. The first kappa shape index (κ1) is 13.2. The van der Waals surface area contributed by atoms with Gasteiger partial charge in [-0.3, -0.25) is 4.98 Å². The molecule has 0 amide bonds. The highest BCUT2D eigenvalue weighted by atomic mass is 35.5. The van der Waals surface area contributed by atoms with E-state index in [2.05, 4.69) is 15.0 Å². The summed E-state index contributed by atoms with van der Waals surface area (Å²) in [4.78, 5) is 21.8. The first-order valence-corrected chi connectivity index (χ1v) is 6.20. The molecule has 7 nitrogen and oxygen atoms in total. The van der Waals surface area contributed by atoms with Crippen molar-refractivity contribution in [2.24, 2.45) is 0 Å². The van der Waals surface area contributed by atoms with E-state index in [1.54, 1.807) is 24.5 Å². The molecule has 0 aliphatic heterocycles. The van der Waals surface area contributed by atoms with Crippen molar-refractivity contribution in [3.63, 3.8) is 0 Å². The first-order valence-electron chi connectivity index (χ1n) is 5.82. The third kappa shape index (κ3) is 2.72. The van der Waals surface area contributed by atoms with Crippen LogP contribution < -0.4 is 4.74 Å². The van der Waals surface area contributed by atoms with E-state index < -0.39 is 4.92 Å². The fourth-order valence-electron chi connectivity index (χ4n) is 1.75. The second-order valence-electron chi connectivity index (χ2n) is 4.04. The Morgan fingerprint density at radius 1 is 1.14 bits per heavy atom. The molecule has 0 N–H and O–H groups in total. The van der Waals surface area contributed by atoms with Crippen LogP contribution in [0.4, 0.5) is 5.82 Å². The maximum Gasteiger partial charge on any atom is 0.363 e. The molecule has 0 atom stereocenters. The van der Waals surface area contributed by atoms with Crippen LogP contribution in [0.3, 0.4) is 0 Å². The summed E-state index contributed by atoms with van der Waals surface area (Å²) in [6.45, 7) is 0. The number of pyridine rings is 3. The molecule has 0 saturated heterocycles. The fraction of sp³-hybridized carbons (Fsp3) is 0. The summed E-state index contributed by atoms with van der Waals surface area (Å²) in [5, 5.41) is 11.6. The van der Waals surface area contributed by atoms with Crippen molar-refractivity contribution in [2.45, 2.75) is 0 Å². The molecule has 8 heteroatoms. The van der Waals surface area contributed by atoms with Gasteiger partial charge in [-0.25, -0.2) is 4.98 Å². The highest BCUT2D eigenvalue weighted by Gasteiger charge is 2.10. The van der Waals surface area contributed by atoms with Crippen LogP contribution in [-0.4, -0.2) is 19.9 Å². The summed E-state index contributed by atoms with van der Waals surface area (Å²) in [5.74, 6) is 0.648. The van der Waals surface area contributed by atoms with Crippen molar-refractivity contribution in [1.29, 1.82) is 0 Å². The van der Waals surface area contributed by atoms with E-state index in [0.29, 0.717) is 27.6 Å². The SMILES string of the molecule is O=[N+]([O-])c1ccc(Oc2ccnc3cnc(Cl)cc23)cn1. The summed E-state index contributed by atoms with van der Waals surface area (Å²) in [6, 6.07) is 6.05. The van der Waals surface area contributed by atoms with Gasteiger partial charge in [0, 0.05) is 17.6 Å². The maximum absolute atomic E-state index is 10.6. The minimum atomic E-state index is -0.572. The van der Waals surface area contributed by atoms with Gasteiger partial charge in [0.2, 0.25) is 0 Å². The summed E-state index contributed by atoms with van der Waals surface area (Å²) in [5.41, 5.74) is 0.631. The monoisotopic (exact) mass is 302 g/mol. The van der Waals surface area contributed by atoms with E-state index in [1.807, 2.05) is 0 Å². The van der Waals surface area contributed by atoms with Gasteiger partial charge in [0.25, 0.3) is 0 Å². The van der Waals surface area contributed by atoms with Crippen LogP contribution in [0.5, 0.6) is 11.5 Å². The smallest absolute Gasteiger partial charge is 0.363 e. The Balaban J connectivity index is 1.97. The van der Waals surface area contributed by atoms with Gasteiger partial charge >= 0.3 is 5.82 Å². The largest absolute Gasteiger partial charge is 0.453 e. The summed E-state index contributed by atoms with van der Waals surface area (Å²) in [6.07, 6.45) is 4.40. The molecule has 0 bridgehead atoms. The van der Waals surface area contributed by atoms with Crippen molar-refractivity contribution in [1.82, 2.24) is 15.0 Å². The number of ether oxygens (including phenoxy) is 1. The minimum absolute atomic E-state index is 0.241. The zero-order chi connectivity index (χ0) is 14.8. The molecule has 0 aliphatic carbocycles. The molecule has 0 aliphatic rings. The van der Waals surface area contributed by atoms with Crippen LogP contribution in [0.2, 0.25) is 5.15 Å². The second kappa shape index (κ2) is 5.29. The zero-order valence-electron chi connectivity index (χ0n) is 10.4. The van der Waals surface area contributed by atoms with Crippen molar-refractivity contribution < 1.29 is 9.66 Å². The quantitative estimate of drug-likeness (QED) is 0.418. The molecular weight excluding hydrogens is 296 g/mol. The Morgan fingerprint density at radius 2 is 2.00 bits per heavy atom. The standard InChI is InChI=1S/C13H7ClN4O3/c14-12-5-9-10(7-16-12)15-4-3-11(9)21-8-1-2-13(17-6-8)18(19)20/h1-7H. The van der Waals surface area contributed by atoms with Gasteiger partial charge in [-0.15, -0.1) is 0 Å². The van der Waals surface area contributed by atoms with Gasteiger partial charge in [-0.05, 0) is 28.1 Å². The van der Waals surface area contributed by atoms with Gasteiger partial charge in [0.05, 0.1) is 11.7 Å². The Kier molecular flexibility index (Phi) is 3.33. The van der Waals surface area contributed by atoms with Crippen molar-refractivity contribution >= 4 is 28.3 Å². The van der Waals surface area contributed by atoms with E-state index in [0.717, 1.165) is 0 Å². The Hall–Kier alpha value is -2.80. The summed E-state index contributed by atoms with van der Waals surface area (Å²) >= 11 is 5.87. The molecule has 0 saturated carbocycles. The van der Waals surface area contributed by atoms with Gasteiger partial charge in [0.1, 0.15) is 10.9 Å². The molecule has 3 aromatic rings. The number of halogens is 1. The molecule has 3 heterocycles. The number of aromatic nitrogens is 3. The van der Waals surface area contributed by atoms with E-state index >= 15 is 0 Å². The van der Waals surface area contributed by atoms with E-state index in [4.69, 9.17) is 16.3 Å². The lowest BCUT2D eigenvalue weighted by Crippen LogP contribution is -1.93. The Bertz CT molecular complexity index is 823. The maximum atomic E-state index is 10.6. The second-order valence-corrected chi connectivity index (χ2v) is 4.43. The van der Waals surface area contributed by atoms with Crippen LogP contribution in [0.1, 0.15) is 0 Å². The van der Waals surface area contributed by atoms with Gasteiger partial charge in [-0.1, -0.05) is 11.6 Å². The molecule has 3 aromatic heterocycles. The van der Waals surface area contributed by atoms with Crippen molar-refractivity contribution in [3.8, 4) is 11.5 Å². The average molecular weight is 303 g/mol. The minimum Gasteiger partial charge on any atom is -0.453 e. The number of hydrogen-bond donors (Lipinski definition) is 0. The molecule has 0 unspecified atom stereocenters. The third-order valence-electron chi connectivity index (χ3n) is 2.69. The predicted octanol–water partition coefficient (Wildman–Crippen LogP) is 3.38. The van der Waals surface area contributed by atoms with Crippen LogP contribution in [-0.2, 0) is 0 Å². The van der Waals surface area contributed by atoms with Crippen molar-refractivity contribution in [3.05, 3.63) is 58.1 Å². The molecule has 0 spiro atoms. The lowest BCUT2D eigenvalue weighted by atomic mass is 10.2. The Labute approximate surface area is 123 Å². The van der Waals surface area contributed by atoms with Gasteiger partial charge in [-0.2, -0.15) is 0 Å². The third-order valence-corrected chi connectivity index (χ3v) is 2.90. The molecule has 104 valence electrons. The molecule has 0 aromatic carbocycles. The van der Waals surface area contributed by atoms with Gasteiger partial charge < -0.3 is 14.9 Å². The van der Waals surface area contributed by atoms with Crippen molar-refractivity contribution in [2.75, 3.05) is 0 Å². The van der Waals surface area contributed by atoms with E-state index in [-0.39, 0.29) is 5.82 Å². The molecule has 0 radical (unpaired) electrons. The van der Waals surface area contributed by atoms with Crippen LogP contribution in [0.15, 0.2) is 42.9 Å². The first-order chi connectivity index (χ1) is 10.1. The van der Waals surface area contributed by atoms with Crippen LogP contribution in [0.25, 0.3) is 10.9 Å².